The summed E-state index contributed by atoms with van der Waals surface area (Å²) < 4.78 is 9.93. The Kier molecular flexibility index (Phi) is 7.08. The second-order valence-corrected chi connectivity index (χ2v) is 1.49. The molecule has 9 heavy (non-hydrogen) atoms. The third-order valence-electron chi connectivity index (χ3n) is 0.777. The van der Waals surface area contributed by atoms with Gasteiger partial charge in [-0.15, -0.1) is 0 Å². The van der Waals surface area contributed by atoms with Crippen molar-refractivity contribution in [2.24, 2.45) is 0 Å². The highest BCUT2D eigenvalue weighted by Crippen LogP contribution is 1.78. The molecule has 0 rings (SSSR count). The van der Waals surface area contributed by atoms with Gasteiger partial charge < -0.3 is 9.47 Å². The van der Waals surface area contributed by atoms with Crippen LogP contribution in [-0.2, 0) is 9.47 Å². The molecule has 0 aromatic rings. The predicted octanol–water partition coefficient (Wildman–Crippen LogP) is 1.57. The van der Waals surface area contributed by atoms with Crippen LogP contribution in [0.5, 0.6) is 0 Å². The van der Waals surface area contributed by atoms with E-state index in [4.69, 9.17) is 9.47 Å². The molecule has 0 heterocycles. The topological polar surface area (TPSA) is 18.5 Å². The van der Waals surface area contributed by atoms with Crippen molar-refractivity contribution in [3.63, 3.8) is 0 Å². The third-order valence-corrected chi connectivity index (χ3v) is 0.777. The fourth-order valence-electron chi connectivity index (χ4n) is 0.389. The molecule has 0 spiro atoms. The van der Waals surface area contributed by atoms with Crippen LogP contribution in [0.15, 0.2) is 12.3 Å². The second kappa shape index (κ2) is 7.50. The minimum absolute atomic E-state index is 0.649. The molecule has 0 unspecified atom stereocenters. The van der Waals surface area contributed by atoms with Crippen LogP contribution in [0.2, 0.25) is 0 Å². The van der Waals surface area contributed by atoms with Gasteiger partial charge in [-0.3, -0.25) is 0 Å². The minimum Gasteiger partial charge on any atom is -0.502 e. The summed E-state index contributed by atoms with van der Waals surface area (Å²) in [5, 5.41) is 0. The Hall–Kier alpha value is -0.500. The largest absolute Gasteiger partial charge is 0.502 e. The Bertz CT molecular complexity index is 69.3. The molecule has 2 heteroatoms. The first-order valence-corrected chi connectivity index (χ1v) is 3.26. The standard InChI is InChI=1S/C7H14O2/c1-3-8-6-5-7-9-4-2/h5-6H,3-4,7H2,1-2H3/b6-5+. The predicted molar refractivity (Wildman–Crippen MR) is 37.3 cm³/mol. The molecule has 0 N–H and O–H groups in total. The van der Waals surface area contributed by atoms with E-state index in [0.29, 0.717) is 6.61 Å². The molecule has 0 fully saturated rings. The molecule has 0 aliphatic carbocycles. The molecular weight excluding hydrogens is 116 g/mol. The smallest absolute Gasteiger partial charge is 0.0845 e. The molecule has 0 aromatic heterocycles. The summed E-state index contributed by atoms with van der Waals surface area (Å²) in [5.74, 6) is 0. The van der Waals surface area contributed by atoms with Gasteiger partial charge >= 0.3 is 0 Å². The normalized spacial score (nSPS) is 10.4. The van der Waals surface area contributed by atoms with E-state index in [1.54, 1.807) is 6.26 Å². The van der Waals surface area contributed by atoms with Gasteiger partial charge in [0, 0.05) is 6.61 Å². The van der Waals surface area contributed by atoms with Gasteiger partial charge in [0.05, 0.1) is 19.5 Å². The van der Waals surface area contributed by atoms with E-state index >= 15 is 0 Å². The van der Waals surface area contributed by atoms with Crippen LogP contribution in [0.3, 0.4) is 0 Å². The van der Waals surface area contributed by atoms with Crippen molar-refractivity contribution >= 4 is 0 Å². The van der Waals surface area contributed by atoms with Gasteiger partial charge in [-0.2, -0.15) is 0 Å². The van der Waals surface area contributed by atoms with Gasteiger partial charge in [-0.25, -0.2) is 0 Å². The lowest BCUT2D eigenvalue weighted by Crippen LogP contribution is -1.88. The SMILES string of the molecule is CCO/C=C/COCC. The molecule has 0 bridgehead atoms. The quantitative estimate of drug-likeness (QED) is 0.415. The Balaban J connectivity index is 2.86. The van der Waals surface area contributed by atoms with Crippen LogP contribution < -0.4 is 0 Å². The first-order chi connectivity index (χ1) is 4.41. The molecule has 0 aromatic carbocycles. The Morgan fingerprint density at radius 1 is 1.22 bits per heavy atom. The number of hydrogen-bond donors (Lipinski definition) is 0. The maximum atomic E-state index is 5.01. The molecule has 0 saturated carbocycles. The van der Waals surface area contributed by atoms with Crippen LogP contribution in [0, 0.1) is 0 Å². The van der Waals surface area contributed by atoms with E-state index in [2.05, 4.69) is 0 Å². The van der Waals surface area contributed by atoms with E-state index in [0.717, 1.165) is 13.2 Å². The fraction of sp³-hybridized carbons (Fsp3) is 0.714. The average molecular weight is 130 g/mol. The van der Waals surface area contributed by atoms with Gasteiger partial charge in [0.25, 0.3) is 0 Å². The molecular formula is C7H14O2. The van der Waals surface area contributed by atoms with E-state index in [1.807, 2.05) is 19.9 Å². The van der Waals surface area contributed by atoms with Crippen molar-refractivity contribution in [2.75, 3.05) is 19.8 Å². The summed E-state index contributed by atoms with van der Waals surface area (Å²) in [6, 6.07) is 0. The number of hydrogen-bond acceptors (Lipinski definition) is 2. The summed E-state index contributed by atoms with van der Waals surface area (Å²) in [5.41, 5.74) is 0. The zero-order valence-corrected chi connectivity index (χ0v) is 6.09. The molecule has 2 nitrogen and oxygen atoms in total. The van der Waals surface area contributed by atoms with E-state index < -0.39 is 0 Å². The van der Waals surface area contributed by atoms with E-state index in [-0.39, 0.29) is 0 Å². The molecule has 54 valence electrons. The monoisotopic (exact) mass is 130 g/mol. The van der Waals surface area contributed by atoms with Gasteiger partial charge in [-0.05, 0) is 19.9 Å². The zero-order chi connectivity index (χ0) is 6.95. The summed E-state index contributed by atoms with van der Waals surface area (Å²) in [6.07, 6.45) is 3.52. The number of ether oxygens (including phenoxy) is 2. The van der Waals surface area contributed by atoms with Crippen LogP contribution >= 0.6 is 0 Å². The molecule has 0 aliphatic heterocycles. The molecule has 0 saturated heterocycles. The van der Waals surface area contributed by atoms with Crippen molar-refractivity contribution in [1.29, 1.82) is 0 Å². The summed E-state index contributed by atoms with van der Waals surface area (Å²) in [4.78, 5) is 0. The third kappa shape index (κ3) is 7.50. The Morgan fingerprint density at radius 2 is 2.00 bits per heavy atom. The maximum Gasteiger partial charge on any atom is 0.0845 e. The highest BCUT2D eigenvalue weighted by atomic mass is 16.5. The first-order valence-electron chi connectivity index (χ1n) is 3.26. The van der Waals surface area contributed by atoms with E-state index in [1.165, 1.54) is 0 Å². The van der Waals surface area contributed by atoms with Crippen molar-refractivity contribution in [3.8, 4) is 0 Å². The maximum absolute atomic E-state index is 5.01. The lowest BCUT2D eigenvalue weighted by atomic mass is 10.6. The summed E-state index contributed by atoms with van der Waals surface area (Å²) in [6.45, 7) is 6.05. The van der Waals surface area contributed by atoms with Gasteiger partial charge in [0.1, 0.15) is 0 Å². The fourth-order valence-corrected chi connectivity index (χ4v) is 0.389. The summed E-state index contributed by atoms with van der Waals surface area (Å²) in [7, 11) is 0. The number of rotatable bonds is 5. The van der Waals surface area contributed by atoms with Crippen LogP contribution in [0.25, 0.3) is 0 Å². The van der Waals surface area contributed by atoms with Crippen molar-refractivity contribution in [3.05, 3.63) is 12.3 Å². The van der Waals surface area contributed by atoms with Gasteiger partial charge in [-0.1, -0.05) is 0 Å². The summed E-state index contributed by atoms with van der Waals surface area (Å²) >= 11 is 0. The lowest BCUT2D eigenvalue weighted by Gasteiger charge is -1.93. The van der Waals surface area contributed by atoms with Crippen molar-refractivity contribution in [1.82, 2.24) is 0 Å². The zero-order valence-electron chi connectivity index (χ0n) is 6.09. The Labute approximate surface area is 56.5 Å². The minimum atomic E-state index is 0.649. The van der Waals surface area contributed by atoms with Crippen molar-refractivity contribution in [2.45, 2.75) is 13.8 Å². The van der Waals surface area contributed by atoms with Crippen LogP contribution in [-0.4, -0.2) is 19.8 Å². The van der Waals surface area contributed by atoms with Crippen molar-refractivity contribution < 1.29 is 9.47 Å². The first kappa shape index (κ1) is 8.50. The van der Waals surface area contributed by atoms with E-state index in [9.17, 15) is 0 Å². The Morgan fingerprint density at radius 3 is 2.56 bits per heavy atom. The van der Waals surface area contributed by atoms with Crippen LogP contribution in [0.1, 0.15) is 13.8 Å². The van der Waals surface area contributed by atoms with Crippen LogP contribution in [0.4, 0.5) is 0 Å². The molecule has 0 amide bonds. The second-order valence-electron chi connectivity index (χ2n) is 1.49. The molecule has 0 radical (unpaired) electrons. The van der Waals surface area contributed by atoms with Gasteiger partial charge in [0.15, 0.2) is 0 Å². The molecule has 0 aliphatic rings. The lowest BCUT2D eigenvalue weighted by molar-refractivity contribution is 0.173. The highest BCUT2D eigenvalue weighted by molar-refractivity contribution is 4.71. The van der Waals surface area contributed by atoms with Gasteiger partial charge in [0.2, 0.25) is 0 Å². The molecule has 0 atom stereocenters. The average Bonchev–Trinajstić information content (AvgIpc) is 1.89. The highest BCUT2D eigenvalue weighted by Gasteiger charge is 1.74.